The molecule has 90 valence electrons. The number of ether oxygens (including phenoxy) is 1. The SMILES string of the molecule is COc1ccc2cc(-c3cn(C)nn3)ccc2c1. The Morgan fingerprint density at radius 2 is 1.83 bits per heavy atom. The Bertz CT molecular complexity index is 703. The smallest absolute Gasteiger partial charge is 0.119 e. The van der Waals surface area contributed by atoms with Crippen molar-refractivity contribution in [2.24, 2.45) is 7.05 Å². The molecule has 2 aromatic carbocycles. The van der Waals surface area contributed by atoms with Crippen molar-refractivity contribution in [1.82, 2.24) is 15.0 Å². The van der Waals surface area contributed by atoms with Crippen LogP contribution in [0.3, 0.4) is 0 Å². The quantitative estimate of drug-likeness (QED) is 0.690. The summed E-state index contributed by atoms with van der Waals surface area (Å²) in [6.45, 7) is 0. The summed E-state index contributed by atoms with van der Waals surface area (Å²) in [7, 11) is 3.54. The Kier molecular flexibility index (Phi) is 2.48. The number of nitrogens with zero attached hydrogens (tertiary/aromatic N) is 3. The molecule has 0 spiro atoms. The van der Waals surface area contributed by atoms with E-state index in [4.69, 9.17) is 4.74 Å². The number of aromatic nitrogens is 3. The molecule has 1 heterocycles. The Balaban J connectivity index is 2.11. The summed E-state index contributed by atoms with van der Waals surface area (Å²) in [6.07, 6.45) is 1.91. The van der Waals surface area contributed by atoms with Gasteiger partial charge in [-0.25, -0.2) is 0 Å². The highest BCUT2D eigenvalue weighted by atomic mass is 16.5. The molecular formula is C14H13N3O. The second kappa shape index (κ2) is 4.14. The maximum atomic E-state index is 5.21. The van der Waals surface area contributed by atoms with Gasteiger partial charge in [0.05, 0.1) is 13.3 Å². The highest BCUT2D eigenvalue weighted by Crippen LogP contribution is 2.25. The number of hydrogen-bond acceptors (Lipinski definition) is 3. The van der Waals surface area contributed by atoms with Gasteiger partial charge in [-0.2, -0.15) is 0 Å². The molecule has 0 saturated carbocycles. The topological polar surface area (TPSA) is 39.9 Å². The number of aryl methyl sites for hydroxylation is 1. The zero-order valence-electron chi connectivity index (χ0n) is 10.3. The molecule has 18 heavy (non-hydrogen) atoms. The summed E-state index contributed by atoms with van der Waals surface area (Å²) in [6, 6.07) is 12.3. The van der Waals surface area contributed by atoms with Crippen LogP contribution in [0.1, 0.15) is 0 Å². The molecule has 4 heteroatoms. The van der Waals surface area contributed by atoms with E-state index in [1.54, 1.807) is 11.8 Å². The molecule has 0 bridgehead atoms. The van der Waals surface area contributed by atoms with Gasteiger partial charge in [-0.1, -0.05) is 23.4 Å². The second-order valence-corrected chi connectivity index (χ2v) is 4.21. The molecule has 0 saturated heterocycles. The van der Waals surface area contributed by atoms with E-state index >= 15 is 0 Å². The third-order valence-electron chi connectivity index (χ3n) is 2.95. The molecule has 0 radical (unpaired) electrons. The number of fused-ring (bicyclic) bond motifs is 1. The van der Waals surface area contributed by atoms with Crippen LogP contribution in [0.4, 0.5) is 0 Å². The summed E-state index contributed by atoms with van der Waals surface area (Å²) in [5.41, 5.74) is 1.95. The van der Waals surface area contributed by atoms with E-state index in [1.807, 2.05) is 37.5 Å². The molecule has 0 fully saturated rings. The van der Waals surface area contributed by atoms with Gasteiger partial charge < -0.3 is 4.74 Å². The van der Waals surface area contributed by atoms with Crippen LogP contribution in [-0.2, 0) is 7.05 Å². The van der Waals surface area contributed by atoms with Gasteiger partial charge in [-0.15, -0.1) is 5.10 Å². The molecule has 3 aromatic rings. The molecule has 0 aliphatic rings. The first kappa shape index (κ1) is 10.8. The van der Waals surface area contributed by atoms with Crippen molar-refractivity contribution in [3.05, 3.63) is 42.6 Å². The van der Waals surface area contributed by atoms with Crippen LogP contribution in [0.25, 0.3) is 22.0 Å². The van der Waals surface area contributed by atoms with E-state index in [2.05, 4.69) is 22.4 Å². The van der Waals surface area contributed by atoms with Crippen molar-refractivity contribution >= 4 is 10.8 Å². The highest BCUT2D eigenvalue weighted by molar-refractivity contribution is 5.87. The van der Waals surface area contributed by atoms with E-state index in [1.165, 1.54) is 5.39 Å². The van der Waals surface area contributed by atoms with Crippen molar-refractivity contribution in [2.75, 3.05) is 7.11 Å². The van der Waals surface area contributed by atoms with E-state index in [9.17, 15) is 0 Å². The fourth-order valence-corrected chi connectivity index (χ4v) is 1.99. The lowest BCUT2D eigenvalue weighted by atomic mass is 10.1. The third kappa shape index (κ3) is 1.82. The highest BCUT2D eigenvalue weighted by Gasteiger charge is 2.04. The van der Waals surface area contributed by atoms with Crippen molar-refractivity contribution in [3.63, 3.8) is 0 Å². The van der Waals surface area contributed by atoms with Crippen LogP contribution in [0, 0.1) is 0 Å². The van der Waals surface area contributed by atoms with Gasteiger partial charge in [-0.3, -0.25) is 4.68 Å². The largest absolute Gasteiger partial charge is 0.497 e. The van der Waals surface area contributed by atoms with Crippen LogP contribution >= 0.6 is 0 Å². The zero-order chi connectivity index (χ0) is 12.5. The summed E-state index contributed by atoms with van der Waals surface area (Å²) < 4.78 is 6.92. The zero-order valence-corrected chi connectivity index (χ0v) is 10.3. The molecule has 1 aromatic heterocycles. The predicted molar refractivity (Wildman–Crippen MR) is 70.5 cm³/mol. The van der Waals surface area contributed by atoms with E-state index < -0.39 is 0 Å². The van der Waals surface area contributed by atoms with E-state index in [0.29, 0.717) is 0 Å². The molecule has 3 rings (SSSR count). The van der Waals surface area contributed by atoms with Gasteiger partial charge in [-0.05, 0) is 29.0 Å². The lowest BCUT2D eigenvalue weighted by molar-refractivity contribution is 0.415. The second-order valence-electron chi connectivity index (χ2n) is 4.21. The monoisotopic (exact) mass is 239 g/mol. The standard InChI is InChI=1S/C14H13N3O/c1-17-9-14(15-16-17)12-4-3-11-8-13(18-2)6-5-10(11)7-12/h3-9H,1-2H3. The fraction of sp³-hybridized carbons (Fsp3) is 0.143. The van der Waals surface area contributed by atoms with Crippen LogP contribution in [0.2, 0.25) is 0 Å². The van der Waals surface area contributed by atoms with E-state index in [-0.39, 0.29) is 0 Å². The minimum absolute atomic E-state index is 0.870. The minimum atomic E-state index is 0.870. The first-order valence-electron chi connectivity index (χ1n) is 5.71. The van der Waals surface area contributed by atoms with Gasteiger partial charge in [0.1, 0.15) is 11.4 Å². The molecular weight excluding hydrogens is 226 g/mol. The summed E-state index contributed by atoms with van der Waals surface area (Å²) in [5.74, 6) is 0.870. The summed E-state index contributed by atoms with van der Waals surface area (Å²) >= 11 is 0. The maximum absolute atomic E-state index is 5.21. The van der Waals surface area contributed by atoms with Gasteiger partial charge in [0.15, 0.2) is 0 Å². The first-order valence-corrected chi connectivity index (χ1v) is 5.71. The Labute approximate surface area is 105 Å². The third-order valence-corrected chi connectivity index (χ3v) is 2.95. The normalized spacial score (nSPS) is 10.8. The molecule has 0 aliphatic carbocycles. The van der Waals surface area contributed by atoms with Crippen molar-refractivity contribution in [2.45, 2.75) is 0 Å². The van der Waals surface area contributed by atoms with Gasteiger partial charge in [0.2, 0.25) is 0 Å². The number of benzene rings is 2. The lowest BCUT2D eigenvalue weighted by Gasteiger charge is -2.03. The molecule has 0 atom stereocenters. The van der Waals surface area contributed by atoms with Crippen LogP contribution in [0.5, 0.6) is 5.75 Å². The Morgan fingerprint density at radius 3 is 2.56 bits per heavy atom. The number of methoxy groups -OCH3 is 1. The average Bonchev–Trinajstić information content (AvgIpc) is 2.84. The van der Waals surface area contributed by atoms with Gasteiger partial charge in [0.25, 0.3) is 0 Å². The lowest BCUT2D eigenvalue weighted by Crippen LogP contribution is -1.85. The van der Waals surface area contributed by atoms with E-state index in [0.717, 1.165) is 22.4 Å². The summed E-state index contributed by atoms with van der Waals surface area (Å²) in [4.78, 5) is 0. The minimum Gasteiger partial charge on any atom is -0.497 e. The summed E-state index contributed by atoms with van der Waals surface area (Å²) in [5, 5.41) is 10.4. The van der Waals surface area contributed by atoms with Crippen LogP contribution < -0.4 is 4.74 Å². The average molecular weight is 239 g/mol. The molecule has 0 amide bonds. The van der Waals surface area contributed by atoms with Crippen LogP contribution in [-0.4, -0.2) is 22.1 Å². The number of hydrogen-bond donors (Lipinski definition) is 0. The molecule has 4 nitrogen and oxygen atoms in total. The van der Waals surface area contributed by atoms with Gasteiger partial charge >= 0.3 is 0 Å². The Hall–Kier alpha value is -2.36. The maximum Gasteiger partial charge on any atom is 0.119 e. The van der Waals surface area contributed by atoms with Crippen molar-refractivity contribution < 1.29 is 4.74 Å². The molecule has 0 aliphatic heterocycles. The predicted octanol–water partition coefficient (Wildman–Crippen LogP) is 2.64. The van der Waals surface area contributed by atoms with Gasteiger partial charge in [0, 0.05) is 12.6 Å². The number of rotatable bonds is 2. The van der Waals surface area contributed by atoms with Crippen LogP contribution in [0.15, 0.2) is 42.6 Å². The molecule has 0 N–H and O–H groups in total. The fourth-order valence-electron chi connectivity index (χ4n) is 1.99. The molecule has 0 unspecified atom stereocenters. The first-order chi connectivity index (χ1) is 8.76. The van der Waals surface area contributed by atoms with Crippen molar-refractivity contribution in [3.8, 4) is 17.0 Å². The Morgan fingerprint density at radius 1 is 1.06 bits per heavy atom. The van der Waals surface area contributed by atoms with Crippen molar-refractivity contribution in [1.29, 1.82) is 0 Å².